The number of carboxylic acids is 1. The zero-order valence-electron chi connectivity index (χ0n) is 10.8. The predicted octanol–water partition coefficient (Wildman–Crippen LogP) is 2.14. The molecule has 1 aliphatic rings. The Morgan fingerprint density at radius 2 is 1.94 bits per heavy atom. The van der Waals surface area contributed by atoms with Crippen LogP contribution in [0.1, 0.15) is 46.0 Å². The fraction of sp³-hybridized carbons (Fsp3) is 0.846. The first-order valence-corrected chi connectivity index (χ1v) is 6.48. The van der Waals surface area contributed by atoms with Crippen LogP contribution in [0.2, 0.25) is 0 Å². The van der Waals surface area contributed by atoms with E-state index in [1.54, 1.807) is 4.90 Å². The number of hydrogen-bond acceptors (Lipinski definition) is 2. The second kappa shape index (κ2) is 6.62. The highest BCUT2D eigenvalue weighted by Gasteiger charge is 2.23. The molecule has 1 amide bonds. The molecule has 1 rings (SSSR count). The Kier molecular flexibility index (Phi) is 5.45. The Bertz CT molecular complexity index is 272. The van der Waals surface area contributed by atoms with E-state index >= 15 is 0 Å². The molecule has 4 nitrogen and oxygen atoms in total. The molecule has 1 fully saturated rings. The summed E-state index contributed by atoms with van der Waals surface area (Å²) in [6.07, 6.45) is 4.11. The van der Waals surface area contributed by atoms with Crippen molar-refractivity contribution in [3.05, 3.63) is 0 Å². The maximum absolute atomic E-state index is 12.0. The van der Waals surface area contributed by atoms with Crippen molar-refractivity contribution in [3.63, 3.8) is 0 Å². The van der Waals surface area contributed by atoms with E-state index < -0.39 is 5.97 Å². The summed E-state index contributed by atoms with van der Waals surface area (Å²) in [5.74, 6) is 0.411. The lowest BCUT2D eigenvalue weighted by Crippen LogP contribution is -2.35. The number of carbonyl (C=O) groups excluding carboxylic acids is 1. The summed E-state index contributed by atoms with van der Waals surface area (Å²) in [5, 5.41) is 8.67. The maximum atomic E-state index is 12.0. The summed E-state index contributed by atoms with van der Waals surface area (Å²) >= 11 is 0. The molecular formula is C13H23NO3. The third kappa shape index (κ3) is 6.29. The monoisotopic (exact) mass is 241 g/mol. The Morgan fingerprint density at radius 3 is 2.41 bits per heavy atom. The number of amides is 1. The van der Waals surface area contributed by atoms with E-state index in [2.05, 4.69) is 0 Å². The van der Waals surface area contributed by atoms with Crippen molar-refractivity contribution in [1.82, 2.24) is 4.90 Å². The normalized spacial score (nSPS) is 15.0. The molecule has 0 aromatic heterocycles. The van der Waals surface area contributed by atoms with Crippen LogP contribution < -0.4 is 0 Å². The third-order valence-corrected chi connectivity index (χ3v) is 3.00. The summed E-state index contributed by atoms with van der Waals surface area (Å²) in [6.45, 7) is 5.09. The van der Waals surface area contributed by atoms with Crippen LogP contribution in [-0.2, 0) is 9.59 Å². The van der Waals surface area contributed by atoms with E-state index in [0.717, 1.165) is 12.3 Å². The lowest BCUT2D eigenvalue weighted by atomic mass is 10.1. The smallest absolute Gasteiger partial charge is 0.305 e. The Balaban J connectivity index is 2.35. The van der Waals surface area contributed by atoms with Gasteiger partial charge in [-0.2, -0.15) is 0 Å². The van der Waals surface area contributed by atoms with Crippen molar-refractivity contribution >= 4 is 11.9 Å². The van der Waals surface area contributed by atoms with Gasteiger partial charge < -0.3 is 10.0 Å². The second-order valence-corrected chi connectivity index (χ2v) is 5.36. The van der Waals surface area contributed by atoms with Gasteiger partial charge in [0.1, 0.15) is 0 Å². The molecule has 0 aliphatic heterocycles. The van der Waals surface area contributed by atoms with Crippen LogP contribution in [0.5, 0.6) is 0 Å². The molecule has 1 N–H and O–H groups in total. The van der Waals surface area contributed by atoms with Crippen molar-refractivity contribution in [1.29, 1.82) is 0 Å². The average Bonchev–Trinajstić information content (AvgIpc) is 3.03. The quantitative estimate of drug-likeness (QED) is 0.708. The molecular weight excluding hydrogens is 218 g/mol. The molecule has 4 heteroatoms. The summed E-state index contributed by atoms with van der Waals surface area (Å²) in [7, 11) is 0. The van der Waals surface area contributed by atoms with Gasteiger partial charge in [0.2, 0.25) is 5.91 Å². The molecule has 0 unspecified atom stereocenters. The van der Waals surface area contributed by atoms with Crippen LogP contribution >= 0.6 is 0 Å². The Morgan fingerprint density at radius 1 is 1.29 bits per heavy atom. The molecule has 0 spiro atoms. The fourth-order valence-electron chi connectivity index (χ4n) is 1.88. The summed E-state index contributed by atoms with van der Waals surface area (Å²) in [4.78, 5) is 24.2. The van der Waals surface area contributed by atoms with E-state index in [-0.39, 0.29) is 12.3 Å². The number of aliphatic carboxylic acids is 1. The largest absolute Gasteiger partial charge is 0.481 e. The Labute approximate surface area is 103 Å². The molecule has 0 atom stereocenters. The number of carboxylic acid groups (broad SMARTS) is 1. The molecule has 0 saturated heterocycles. The predicted molar refractivity (Wildman–Crippen MR) is 65.6 cm³/mol. The Hall–Kier alpha value is -1.06. The van der Waals surface area contributed by atoms with Gasteiger partial charge in [-0.1, -0.05) is 26.7 Å². The number of nitrogens with zero attached hydrogens (tertiary/aromatic N) is 1. The van der Waals surface area contributed by atoms with Crippen molar-refractivity contribution in [2.24, 2.45) is 11.8 Å². The van der Waals surface area contributed by atoms with Crippen LogP contribution in [0.25, 0.3) is 0 Å². The van der Waals surface area contributed by atoms with E-state index in [4.69, 9.17) is 5.11 Å². The lowest BCUT2D eigenvalue weighted by Gasteiger charge is -2.24. The third-order valence-electron chi connectivity index (χ3n) is 3.00. The van der Waals surface area contributed by atoms with E-state index in [1.807, 2.05) is 13.8 Å². The highest BCUT2D eigenvalue weighted by atomic mass is 16.4. The van der Waals surface area contributed by atoms with E-state index in [1.165, 1.54) is 12.8 Å². The van der Waals surface area contributed by atoms with Crippen LogP contribution in [-0.4, -0.2) is 35.0 Å². The summed E-state index contributed by atoms with van der Waals surface area (Å²) in [6, 6.07) is 0. The molecule has 98 valence electrons. The van der Waals surface area contributed by atoms with Gasteiger partial charge in [0, 0.05) is 19.5 Å². The van der Waals surface area contributed by atoms with Crippen molar-refractivity contribution in [2.75, 3.05) is 13.1 Å². The summed E-state index contributed by atoms with van der Waals surface area (Å²) < 4.78 is 0. The van der Waals surface area contributed by atoms with Gasteiger partial charge in [0.05, 0.1) is 6.42 Å². The molecule has 17 heavy (non-hydrogen) atoms. The van der Waals surface area contributed by atoms with E-state index in [9.17, 15) is 9.59 Å². The second-order valence-electron chi connectivity index (χ2n) is 5.36. The molecule has 0 radical (unpaired) electrons. The van der Waals surface area contributed by atoms with Crippen molar-refractivity contribution in [2.45, 2.75) is 46.0 Å². The zero-order valence-corrected chi connectivity index (χ0v) is 10.8. The topological polar surface area (TPSA) is 57.6 Å². The number of carbonyl (C=O) groups is 2. The van der Waals surface area contributed by atoms with Gasteiger partial charge in [-0.25, -0.2) is 0 Å². The molecule has 0 aromatic rings. The van der Waals surface area contributed by atoms with E-state index in [0.29, 0.717) is 25.4 Å². The molecule has 0 heterocycles. The first kappa shape index (κ1) is 14.0. The van der Waals surface area contributed by atoms with Crippen molar-refractivity contribution in [3.8, 4) is 0 Å². The van der Waals surface area contributed by atoms with Gasteiger partial charge in [0.25, 0.3) is 0 Å². The minimum atomic E-state index is -0.839. The minimum absolute atomic E-state index is 0.0435. The minimum Gasteiger partial charge on any atom is -0.481 e. The maximum Gasteiger partial charge on any atom is 0.305 e. The number of rotatable bonds is 8. The van der Waals surface area contributed by atoms with Gasteiger partial charge >= 0.3 is 5.97 Å². The summed E-state index contributed by atoms with van der Waals surface area (Å²) in [5.41, 5.74) is 0. The van der Waals surface area contributed by atoms with Crippen LogP contribution in [0.15, 0.2) is 0 Å². The van der Waals surface area contributed by atoms with Gasteiger partial charge in [0.15, 0.2) is 0 Å². The van der Waals surface area contributed by atoms with Crippen LogP contribution in [0.3, 0.4) is 0 Å². The van der Waals surface area contributed by atoms with Crippen molar-refractivity contribution < 1.29 is 14.7 Å². The highest BCUT2D eigenvalue weighted by molar-refractivity contribution is 5.77. The molecule has 1 saturated carbocycles. The molecule has 0 aromatic carbocycles. The molecule has 1 aliphatic carbocycles. The van der Waals surface area contributed by atoms with Gasteiger partial charge in [-0.05, 0) is 18.3 Å². The molecule has 0 bridgehead atoms. The fourth-order valence-corrected chi connectivity index (χ4v) is 1.88. The first-order chi connectivity index (χ1) is 7.99. The van der Waals surface area contributed by atoms with Crippen LogP contribution in [0.4, 0.5) is 0 Å². The van der Waals surface area contributed by atoms with Gasteiger partial charge in [-0.15, -0.1) is 0 Å². The lowest BCUT2D eigenvalue weighted by molar-refractivity contribution is -0.138. The highest BCUT2D eigenvalue weighted by Crippen LogP contribution is 2.33. The zero-order chi connectivity index (χ0) is 12.8. The average molecular weight is 241 g/mol. The van der Waals surface area contributed by atoms with Gasteiger partial charge in [-0.3, -0.25) is 9.59 Å². The standard InChI is InChI=1S/C13H23NO3/c1-10(2)9-14(8-7-13(16)17)12(15)6-5-11-3-4-11/h10-11H,3-9H2,1-2H3,(H,16,17). The SMILES string of the molecule is CC(C)CN(CCC(=O)O)C(=O)CCC1CC1. The number of hydrogen-bond donors (Lipinski definition) is 1. The first-order valence-electron chi connectivity index (χ1n) is 6.48. The van der Waals surface area contributed by atoms with Crippen LogP contribution in [0, 0.1) is 11.8 Å².